The first-order chi connectivity index (χ1) is 13.5. The molecule has 0 spiro atoms. The van der Waals surface area contributed by atoms with Gasteiger partial charge in [0.05, 0.1) is 11.4 Å². The van der Waals surface area contributed by atoms with Crippen molar-refractivity contribution in [2.24, 2.45) is 4.99 Å². The van der Waals surface area contributed by atoms with Gasteiger partial charge in [0.15, 0.2) is 0 Å². The minimum Gasteiger partial charge on any atom is -0.322 e. The van der Waals surface area contributed by atoms with Crippen LogP contribution >= 0.6 is 15.9 Å². The number of anilines is 2. The lowest BCUT2D eigenvalue weighted by molar-refractivity contribution is -0.110. The molecule has 3 aromatic carbocycles. The van der Waals surface area contributed by atoms with Gasteiger partial charge >= 0.3 is 0 Å². The van der Waals surface area contributed by atoms with E-state index >= 15 is 0 Å². The highest BCUT2D eigenvalue weighted by Crippen LogP contribution is 2.28. The molecule has 2 N–H and O–H groups in total. The number of halogens is 1. The Morgan fingerprint density at radius 2 is 1.71 bits per heavy atom. The average Bonchev–Trinajstić information content (AvgIpc) is 2.99. The van der Waals surface area contributed by atoms with Gasteiger partial charge in [-0.15, -0.1) is 0 Å². The van der Waals surface area contributed by atoms with Crippen LogP contribution in [0, 0.1) is 6.92 Å². The molecule has 0 saturated heterocycles. The highest BCUT2D eigenvalue weighted by molar-refractivity contribution is 9.10. The Labute approximate surface area is 170 Å². The van der Waals surface area contributed by atoms with Crippen LogP contribution in [0.3, 0.4) is 0 Å². The molecule has 0 aliphatic carbocycles. The van der Waals surface area contributed by atoms with Crippen molar-refractivity contribution in [2.45, 2.75) is 6.92 Å². The summed E-state index contributed by atoms with van der Waals surface area (Å²) in [6, 6.07) is 20.0. The lowest BCUT2D eigenvalue weighted by Crippen LogP contribution is -2.14. The Morgan fingerprint density at radius 3 is 2.43 bits per heavy atom. The molecular weight excluding hydrogens is 418 g/mol. The summed E-state index contributed by atoms with van der Waals surface area (Å²) in [5.41, 5.74) is 4.83. The lowest BCUT2D eigenvalue weighted by atomic mass is 10.1. The second-order valence-electron chi connectivity index (χ2n) is 6.47. The van der Waals surface area contributed by atoms with Gasteiger partial charge in [0.25, 0.3) is 11.8 Å². The van der Waals surface area contributed by atoms with Gasteiger partial charge in [-0.1, -0.05) is 33.6 Å². The molecule has 2 amide bonds. The second-order valence-corrected chi connectivity index (χ2v) is 7.39. The van der Waals surface area contributed by atoms with Crippen LogP contribution in [0.2, 0.25) is 0 Å². The molecule has 0 saturated carbocycles. The minimum absolute atomic E-state index is 0.198. The predicted molar refractivity (Wildman–Crippen MR) is 115 cm³/mol. The van der Waals surface area contributed by atoms with Crippen LogP contribution in [-0.2, 0) is 4.79 Å². The summed E-state index contributed by atoms with van der Waals surface area (Å²) in [5.74, 6) is -0.440. The fraction of sp³-hybridized carbons (Fsp3) is 0.0455. The zero-order valence-corrected chi connectivity index (χ0v) is 16.6. The van der Waals surface area contributed by atoms with E-state index in [2.05, 4.69) is 31.6 Å². The Kier molecular flexibility index (Phi) is 4.79. The Bertz CT molecular complexity index is 1100. The molecule has 4 rings (SSSR count). The van der Waals surface area contributed by atoms with E-state index < -0.39 is 0 Å². The van der Waals surface area contributed by atoms with E-state index in [1.165, 1.54) is 0 Å². The molecule has 6 heteroatoms. The van der Waals surface area contributed by atoms with Crippen molar-refractivity contribution < 1.29 is 9.59 Å². The maximum Gasteiger partial charge on any atom is 0.275 e. The molecule has 28 heavy (non-hydrogen) atoms. The van der Waals surface area contributed by atoms with Crippen LogP contribution in [0.5, 0.6) is 0 Å². The number of aliphatic imine (C=N–C) groups is 1. The molecule has 3 aromatic rings. The predicted octanol–water partition coefficient (Wildman–Crippen LogP) is 5.08. The number of rotatable bonds is 3. The lowest BCUT2D eigenvalue weighted by Gasteiger charge is -2.06. The van der Waals surface area contributed by atoms with Gasteiger partial charge in [-0.05, 0) is 61.5 Å². The van der Waals surface area contributed by atoms with E-state index in [0.29, 0.717) is 17.0 Å². The minimum atomic E-state index is -0.241. The highest BCUT2D eigenvalue weighted by Gasteiger charge is 2.26. The molecule has 0 bridgehead atoms. The van der Waals surface area contributed by atoms with Gasteiger partial charge in [0, 0.05) is 21.3 Å². The number of nitrogens with one attached hydrogen (secondary N) is 2. The van der Waals surface area contributed by atoms with Crippen LogP contribution < -0.4 is 10.6 Å². The zero-order valence-electron chi connectivity index (χ0n) is 15.0. The fourth-order valence-electron chi connectivity index (χ4n) is 2.89. The summed E-state index contributed by atoms with van der Waals surface area (Å²) in [5, 5.41) is 5.66. The summed E-state index contributed by atoms with van der Waals surface area (Å²) < 4.78 is 0.874. The van der Waals surface area contributed by atoms with E-state index in [-0.39, 0.29) is 11.8 Å². The third-order valence-electron chi connectivity index (χ3n) is 4.38. The summed E-state index contributed by atoms with van der Waals surface area (Å²) in [4.78, 5) is 29.1. The Hall–Kier alpha value is -3.25. The van der Waals surface area contributed by atoms with E-state index in [9.17, 15) is 9.59 Å². The van der Waals surface area contributed by atoms with Crippen molar-refractivity contribution in [3.05, 3.63) is 87.9 Å². The summed E-state index contributed by atoms with van der Waals surface area (Å²) >= 11 is 3.42. The molecular formula is C22H16BrN3O2. The smallest absolute Gasteiger partial charge is 0.275 e. The van der Waals surface area contributed by atoms with Crippen molar-refractivity contribution in [3.63, 3.8) is 0 Å². The van der Waals surface area contributed by atoms with Gasteiger partial charge in [0.2, 0.25) is 0 Å². The van der Waals surface area contributed by atoms with Gasteiger partial charge in [-0.3, -0.25) is 9.59 Å². The van der Waals surface area contributed by atoms with E-state index in [1.807, 2.05) is 49.4 Å². The largest absolute Gasteiger partial charge is 0.322 e. The normalized spacial score (nSPS) is 13.9. The summed E-state index contributed by atoms with van der Waals surface area (Å²) in [6.07, 6.45) is 0. The number of nitrogens with zero attached hydrogens (tertiary/aromatic N) is 1. The monoisotopic (exact) mass is 433 g/mol. The number of amides is 2. The topological polar surface area (TPSA) is 70.6 Å². The van der Waals surface area contributed by atoms with Crippen molar-refractivity contribution in [1.82, 2.24) is 0 Å². The van der Waals surface area contributed by atoms with Crippen LogP contribution in [0.25, 0.3) is 0 Å². The number of hydrogen-bond acceptors (Lipinski definition) is 3. The SMILES string of the molecule is Cc1ccc(NC(=O)c2ccc(N=C3C(=O)Nc4ccc(Br)cc43)cc2)cc1. The molecule has 0 aromatic heterocycles. The number of benzene rings is 3. The maximum absolute atomic E-state index is 12.4. The highest BCUT2D eigenvalue weighted by atomic mass is 79.9. The number of fused-ring (bicyclic) bond motifs is 1. The first-order valence-electron chi connectivity index (χ1n) is 8.68. The van der Waals surface area contributed by atoms with Crippen LogP contribution in [0.1, 0.15) is 21.5 Å². The first kappa shape index (κ1) is 18.1. The Balaban J connectivity index is 1.55. The van der Waals surface area contributed by atoms with Crippen molar-refractivity contribution in [2.75, 3.05) is 10.6 Å². The summed E-state index contributed by atoms with van der Waals surface area (Å²) in [6.45, 7) is 1.99. The van der Waals surface area contributed by atoms with Crippen molar-refractivity contribution >= 4 is 50.5 Å². The molecule has 0 unspecified atom stereocenters. The van der Waals surface area contributed by atoms with Crippen LogP contribution in [0.4, 0.5) is 17.1 Å². The number of aryl methyl sites for hydroxylation is 1. The van der Waals surface area contributed by atoms with E-state index in [4.69, 9.17) is 0 Å². The van der Waals surface area contributed by atoms with Gasteiger partial charge in [-0.25, -0.2) is 4.99 Å². The molecule has 138 valence electrons. The molecule has 1 aliphatic heterocycles. The van der Waals surface area contributed by atoms with Crippen LogP contribution in [-0.4, -0.2) is 17.5 Å². The molecule has 1 heterocycles. The molecule has 0 radical (unpaired) electrons. The van der Waals surface area contributed by atoms with E-state index in [1.54, 1.807) is 24.3 Å². The standard InChI is InChI=1S/C22H16BrN3O2/c1-13-2-7-17(8-3-13)25-21(27)14-4-9-16(10-5-14)24-20-18-12-15(23)6-11-19(18)26-22(20)28/h2-12H,1H3,(H,25,27)(H,24,26,28). The molecule has 0 atom stereocenters. The van der Waals surface area contributed by atoms with Gasteiger partial charge in [0.1, 0.15) is 5.71 Å². The quantitative estimate of drug-likeness (QED) is 0.604. The van der Waals surface area contributed by atoms with Crippen LogP contribution in [0.15, 0.2) is 76.2 Å². The van der Waals surface area contributed by atoms with E-state index in [0.717, 1.165) is 27.0 Å². The van der Waals surface area contributed by atoms with Crippen molar-refractivity contribution in [1.29, 1.82) is 0 Å². The maximum atomic E-state index is 12.4. The Morgan fingerprint density at radius 1 is 1.00 bits per heavy atom. The third kappa shape index (κ3) is 3.73. The summed E-state index contributed by atoms with van der Waals surface area (Å²) in [7, 11) is 0. The number of carbonyl (C=O) groups excluding carboxylic acids is 2. The second kappa shape index (κ2) is 7.40. The number of hydrogen-bond donors (Lipinski definition) is 2. The average molecular weight is 434 g/mol. The fourth-order valence-corrected chi connectivity index (χ4v) is 3.25. The van der Waals surface area contributed by atoms with Gasteiger partial charge in [-0.2, -0.15) is 0 Å². The molecule has 0 fully saturated rings. The number of carbonyl (C=O) groups is 2. The van der Waals surface area contributed by atoms with Gasteiger partial charge < -0.3 is 10.6 Å². The van der Waals surface area contributed by atoms with Crippen molar-refractivity contribution in [3.8, 4) is 0 Å². The third-order valence-corrected chi connectivity index (χ3v) is 4.87. The zero-order chi connectivity index (χ0) is 19.7. The molecule has 1 aliphatic rings. The first-order valence-corrected chi connectivity index (χ1v) is 9.47. The molecule has 5 nitrogen and oxygen atoms in total.